The fraction of sp³-hybridized carbons (Fsp3) is 0.524. The van der Waals surface area contributed by atoms with Gasteiger partial charge in [0.15, 0.2) is 15.6 Å². The van der Waals surface area contributed by atoms with Crippen molar-refractivity contribution in [2.24, 2.45) is 0 Å². The smallest absolute Gasteiger partial charge is 0.387 e. The lowest BCUT2D eigenvalue weighted by atomic mass is 10.0. The second-order valence-electron chi connectivity index (χ2n) is 26.0. The predicted molar refractivity (Wildman–Crippen MR) is 336 cm³/mol. The summed E-state index contributed by atoms with van der Waals surface area (Å²) < 4.78 is 119. The highest BCUT2D eigenvalue weighted by molar-refractivity contribution is 7.93. The van der Waals surface area contributed by atoms with Gasteiger partial charge in [0.05, 0.1) is 90.0 Å². The van der Waals surface area contributed by atoms with Crippen molar-refractivity contribution in [3.05, 3.63) is 137 Å². The summed E-state index contributed by atoms with van der Waals surface area (Å²) in [6.45, 7) is 1.16. The van der Waals surface area contributed by atoms with Crippen LogP contribution < -0.4 is 32.0 Å². The molecule has 8 aromatic rings. The molecule has 4 bridgehead atoms. The number of aliphatic carboxylic acids is 1. The van der Waals surface area contributed by atoms with E-state index in [0.29, 0.717) is 52.4 Å². The lowest BCUT2D eigenvalue weighted by molar-refractivity contribution is -0.142. The number of nitrogens with zero attached hydrogens (tertiary/aromatic N) is 10. The average Bonchev–Trinajstić information content (AvgIpc) is 1.57. The first-order chi connectivity index (χ1) is 45.2. The minimum atomic E-state index is -3.95. The van der Waals surface area contributed by atoms with Gasteiger partial charge < -0.3 is 33.5 Å². The molecule has 506 valence electrons. The van der Waals surface area contributed by atoms with Gasteiger partial charge >= 0.3 is 30.6 Å². The van der Waals surface area contributed by atoms with Gasteiger partial charge in [0.25, 0.3) is 11.1 Å². The van der Waals surface area contributed by atoms with Gasteiger partial charge in [0.1, 0.15) is 60.2 Å². The molecule has 6 aliphatic rings. The number of carboxylic acid groups (broad SMARTS) is 1. The fourth-order valence-electron chi connectivity index (χ4n) is 13.7. The number of fused-ring (bicyclic) bond motifs is 6. The number of carboxylic acids is 1. The van der Waals surface area contributed by atoms with Gasteiger partial charge in [-0.05, 0) is 124 Å². The van der Waals surface area contributed by atoms with Crippen molar-refractivity contribution in [3.8, 4) is 21.5 Å². The first kappa shape index (κ1) is 65.9. The molecule has 2 unspecified atom stereocenters. The van der Waals surface area contributed by atoms with Crippen molar-refractivity contribution in [1.29, 1.82) is 0 Å². The minimum absolute atomic E-state index is 0.00696. The number of rotatable bonds is 22. The number of para-hydroxylation sites is 2. The van der Waals surface area contributed by atoms with E-state index in [4.69, 9.17) is 28.4 Å². The number of aromatic nitrogens is 10. The topological polar surface area (TPSA) is 293 Å². The molecule has 0 amide bonds. The zero-order valence-corrected chi connectivity index (χ0v) is 54.6. The first-order valence-electron chi connectivity index (χ1n) is 31.3. The molecule has 10 heterocycles. The first-order valence-corrected chi connectivity index (χ1v) is 34.5. The molecule has 1 N–H and O–H groups in total. The van der Waals surface area contributed by atoms with Crippen LogP contribution in [0.2, 0.25) is 0 Å². The molecular formula is C63H68F4N10O15S3. The van der Waals surface area contributed by atoms with Gasteiger partial charge in [0, 0.05) is 22.3 Å². The van der Waals surface area contributed by atoms with Crippen LogP contribution in [-0.4, -0.2) is 134 Å². The minimum Gasteiger partial charge on any atom is -0.479 e. The number of aryl methyl sites for hydroxylation is 2. The molecule has 2 saturated carbocycles. The molecule has 4 aliphatic heterocycles. The summed E-state index contributed by atoms with van der Waals surface area (Å²) >= 11 is 2.19. The molecule has 32 heteroatoms. The second-order valence-corrected chi connectivity index (χ2v) is 30.7. The van der Waals surface area contributed by atoms with Crippen LogP contribution in [0.1, 0.15) is 132 Å². The third-order valence-corrected chi connectivity index (χ3v) is 24.0. The lowest BCUT2D eigenvalue weighted by Crippen LogP contribution is -2.51. The van der Waals surface area contributed by atoms with Crippen molar-refractivity contribution in [3.63, 3.8) is 0 Å². The fourth-order valence-corrected chi connectivity index (χ4v) is 17.1. The van der Waals surface area contributed by atoms with Crippen LogP contribution in [0.15, 0.2) is 92.5 Å². The molecule has 4 saturated heterocycles. The van der Waals surface area contributed by atoms with Gasteiger partial charge in [-0.1, -0.05) is 59.1 Å². The maximum Gasteiger partial charge on any atom is 0.387 e. The van der Waals surface area contributed by atoms with E-state index in [1.54, 1.807) is 50.2 Å². The Morgan fingerprint density at radius 3 is 1.34 bits per heavy atom. The molecule has 0 radical (unpaired) electrons. The molecule has 6 aromatic heterocycles. The zero-order chi connectivity index (χ0) is 67.2. The van der Waals surface area contributed by atoms with Crippen LogP contribution in [-0.2, 0) is 62.5 Å². The molecular weight excluding hydrogens is 1310 g/mol. The molecule has 8 atom stereocenters. The van der Waals surface area contributed by atoms with Crippen LogP contribution in [0, 0.1) is 13.8 Å². The molecule has 14 rings (SSSR count). The van der Waals surface area contributed by atoms with Crippen LogP contribution >= 0.6 is 22.7 Å². The number of benzene rings is 2. The number of Topliss-reactive ketones (excluding diaryl/α,β-unsaturated/α-hetero) is 1. The summed E-state index contributed by atoms with van der Waals surface area (Å²) in [6.07, 6.45) is 9.67. The lowest BCUT2D eigenvalue weighted by Gasteiger charge is -2.32. The Morgan fingerprint density at radius 1 is 0.621 bits per heavy atom. The summed E-state index contributed by atoms with van der Waals surface area (Å²) in [5, 5.41) is 28.1. The number of carbonyl (C=O) groups is 2. The standard InChI is InChI=1S/C34H39F2N5O8S2.C29H29F2N5O7S/c1-19-27-28(43)40(34(11-12-34)26(42)18-51(45,46)33(2,3)4)32(44)39(30(27)50-29(19)41-37-13-14-38-41)17-25(23-7-5-6-8-24(23)49-31(35)36)48-22-15-20-9-10-21(16-22)47-20;1-15-22-23(37)35(29(8-9-29)26(38)39)28(40)34(25(22)44-24(15)36-32-10-11-33-36)14-21(19-4-2-3-5-20(19)43-27(30)31)42-18-12-16-6-7-17(13-18)41-16/h5-8,13-14,20-22,25,31H,9-12,15-18H2,1-4H3;2-5,10-11,16-18,21,27H,6-9,12-14H2,1H3,(H,38,39)/t20-,21+,22?,25-;16-,17+,18?,21-/m00/s1. The summed E-state index contributed by atoms with van der Waals surface area (Å²) in [6, 6.07) is 12.4. The van der Waals surface area contributed by atoms with Gasteiger partial charge in [0.2, 0.25) is 0 Å². The summed E-state index contributed by atoms with van der Waals surface area (Å²) in [5.41, 5.74) is -4.97. The molecule has 25 nitrogen and oxygen atoms in total. The number of ketones is 1. The molecule has 2 aliphatic carbocycles. The van der Waals surface area contributed by atoms with E-state index in [1.807, 2.05) is 0 Å². The molecule has 2 aromatic carbocycles. The largest absolute Gasteiger partial charge is 0.479 e. The van der Waals surface area contributed by atoms with Gasteiger partial charge in [-0.2, -0.15) is 38.0 Å². The van der Waals surface area contributed by atoms with E-state index in [2.05, 4.69) is 20.4 Å². The van der Waals surface area contributed by atoms with Crippen LogP contribution in [0.4, 0.5) is 17.6 Å². The third kappa shape index (κ3) is 12.4. The highest BCUT2D eigenvalue weighted by atomic mass is 32.2. The summed E-state index contributed by atoms with van der Waals surface area (Å²) in [7, 11) is -3.95. The number of carbonyl (C=O) groups excluding carboxylic acids is 1. The van der Waals surface area contributed by atoms with E-state index in [9.17, 15) is 59.9 Å². The molecule has 0 spiro atoms. The molecule has 95 heavy (non-hydrogen) atoms. The van der Waals surface area contributed by atoms with Crippen molar-refractivity contribution in [2.75, 3.05) is 5.75 Å². The van der Waals surface area contributed by atoms with Crippen molar-refractivity contribution >= 4 is 64.7 Å². The monoisotopic (exact) mass is 1380 g/mol. The van der Waals surface area contributed by atoms with Crippen LogP contribution in [0.3, 0.4) is 0 Å². The Labute approximate surface area is 546 Å². The van der Waals surface area contributed by atoms with Crippen molar-refractivity contribution in [1.82, 2.24) is 48.3 Å². The van der Waals surface area contributed by atoms with Crippen LogP contribution in [0.5, 0.6) is 11.5 Å². The Morgan fingerprint density at radius 2 is 0.989 bits per heavy atom. The second kappa shape index (κ2) is 25.3. The maximum absolute atomic E-state index is 14.8. The average molecular weight is 1380 g/mol. The maximum atomic E-state index is 14.8. The van der Waals surface area contributed by atoms with Crippen LogP contribution in [0.25, 0.3) is 30.4 Å². The van der Waals surface area contributed by atoms with E-state index in [0.717, 1.165) is 57.5 Å². The summed E-state index contributed by atoms with van der Waals surface area (Å²) in [4.78, 5) is 86.8. The Bertz CT molecular complexity index is 4610. The highest BCUT2D eigenvalue weighted by Gasteiger charge is 2.57. The SMILES string of the molecule is Cc1c(-n2nccn2)sc2c1c(=O)n(C1(C(=O)CS(=O)(=O)C(C)(C)C)CC1)c(=O)n2C[C@H](OC1C[C@H]2CC[C@@H](C1)O2)c1ccccc1OC(F)F.Cc1c(-n2nccn2)sc2c1c(=O)n(C1(C(=O)O)CC1)c(=O)n2C[C@H](OC1C[C@H]2CC[C@@H](C1)O2)c1ccccc1OC(F)F. The number of alkyl halides is 4. The summed E-state index contributed by atoms with van der Waals surface area (Å²) in [5.74, 6) is -3.10. The Hall–Kier alpha value is -7.75. The third-order valence-electron chi connectivity index (χ3n) is 18.9. The van der Waals surface area contributed by atoms with E-state index in [1.165, 1.54) is 76.4 Å². The normalized spacial score (nSPS) is 22.4. The van der Waals surface area contributed by atoms with E-state index >= 15 is 0 Å². The number of ether oxygens (including phenoxy) is 6. The van der Waals surface area contributed by atoms with Gasteiger partial charge in [-0.25, -0.2) is 31.9 Å². The Balaban J connectivity index is 0.000000174. The van der Waals surface area contributed by atoms with E-state index in [-0.39, 0.29) is 113 Å². The highest BCUT2D eigenvalue weighted by Crippen LogP contribution is 2.47. The zero-order valence-electron chi connectivity index (χ0n) is 52.2. The number of sulfone groups is 1. The quantitative estimate of drug-likeness (QED) is 0.0625. The van der Waals surface area contributed by atoms with Crippen molar-refractivity contribution in [2.45, 2.75) is 203 Å². The van der Waals surface area contributed by atoms with Gasteiger partial charge in [-0.15, -0.1) is 9.59 Å². The number of halogens is 4. The number of thiophene rings is 2. The van der Waals surface area contributed by atoms with E-state index < -0.39 is 91.1 Å². The number of hydrogen-bond donors (Lipinski definition) is 1. The van der Waals surface area contributed by atoms with Gasteiger partial charge in [-0.3, -0.25) is 23.5 Å². The number of hydrogen-bond acceptors (Lipinski definition) is 20. The van der Waals surface area contributed by atoms with Crippen molar-refractivity contribution < 1.29 is 69.1 Å². The molecule has 6 fully saturated rings. The predicted octanol–water partition coefficient (Wildman–Crippen LogP) is 8.21. The Kier molecular flexibility index (Phi) is 17.6.